The molecule has 1 aliphatic rings. The zero-order valence-electron chi connectivity index (χ0n) is 13.1. The molecule has 0 spiro atoms. The summed E-state index contributed by atoms with van der Waals surface area (Å²) in [5.74, 6) is 1.24. The number of benzene rings is 1. The van der Waals surface area contributed by atoms with Gasteiger partial charge < -0.3 is 13.9 Å². The van der Waals surface area contributed by atoms with Crippen LogP contribution in [0.5, 0.6) is 11.5 Å². The minimum atomic E-state index is -0.604. The number of pyridine rings is 1. The summed E-state index contributed by atoms with van der Waals surface area (Å²) in [5, 5.41) is 15.5. The number of rotatable bonds is 4. The van der Waals surface area contributed by atoms with Gasteiger partial charge in [-0.15, -0.1) is 0 Å². The number of nitro groups is 1. The van der Waals surface area contributed by atoms with Gasteiger partial charge in [-0.3, -0.25) is 20.5 Å². The molecule has 0 bridgehead atoms. The highest BCUT2D eigenvalue weighted by Gasteiger charge is 2.16. The largest absolute Gasteiger partial charge is 0.454 e. The highest BCUT2D eigenvalue weighted by molar-refractivity contribution is 5.94. The van der Waals surface area contributed by atoms with E-state index >= 15 is 0 Å². The molecule has 0 saturated heterocycles. The molecule has 3 aromatic rings. The molecule has 3 heterocycles. The maximum atomic E-state index is 10.6. The SMILES string of the molecule is Cc1cc(NN=Cc2ccc([N+](=O)[O-])o2)c2cc3c(cc2n1)OCO3. The van der Waals surface area contributed by atoms with Gasteiger partial charge in [0.2, 0.25) is 6.79 Å². The third kappa shape index (κ3) is 2.82. The summed E-state index contributed by atoms with van der Waals surface area (Å²) in [6.45, 7) is 2.05. The van der Waals surface area contributed by atoms with Crippen LogP contribution in [0.1, 0.15) is 11.5 Å². The average molecular weight is 340 g/mol. The standard InChI is InChI=1S/C16H12N4O5/c1-9-4-13(19-17-7-10-2-3-16(25-10)20(21)22)11-5-14-15(24-8-23-14)6-12(11)18-9/h2-7H,8H2,1H3,(H,18,19). The third-order valence-corrected chi connectivity index (χ3v) is 3.60. The van der Waals surface area contributed by atoms with Gasteiger partial charge in [-0.2, -0.15) is 5.10 Å². The maximum Gasteiger partial charge on any atom is 0.433 e. The van der Waals surface area contributed by atoms with Gasteiger partial charge in [-0.05, 0) is 25.1 Å². The van der Waals surface area contributed by atoms with E-state index in [4.69, 9.17) is 13.9 Å². The molecule has 1 aromatic carbocycles. The number of hydrogen-bond acceptors (Lipinski definition) is 8. The van der Waals surface area contributed by atoms with Crippen LogP contribution in [0.2, 0.25) is 0 Å². The first-order valence-electron chi connectivity index (χ1n) is 7.34. The molecule has 126 valence electrons. The molecule has 25 heavy (non-hydrogen) atoms. The second kappa shape index (κ2) is 5.78. The molecule has 9 heteroatoms. The second-order valence-corrected chi connectivity index (χ2v) is 5.34. The zero-order chi connectivity index (χ0) is 17.4. The minimum Gasteiger partial charge on any atom is -0.454 e. The summed E-state index contributed by atoms with van der Waals surface area (Å²) in [6, 6.07) is 8.23. The second-order valence-electron chi connectivity index (χ2n) is 5.34. The van der Waals surface area contributed by atoms with Crippen molar-refractivity contribution in [3.8, 4) is 11.5 Å². The van der Waals surface area contributed by atoms with Crippen molar-refractivity contribution in [2.24, 2.45) is 5.10 Å². The highest BCUT2D eigenvalue weighted by atomic mass is 16.7. The summed E-state index contributed by atoms with van der Waals surface area (Å²) >= 11 is 0. The molecule has 0 atom stereocenters. The number of hydrogen-bond donors (Lipinski definition) is 1. The van der Waals surface area contributed by atoms with E-state index in [0.717, 1.165) is 22.3 Å². The summed E-state index contributed by atoms with van der Waals surface area (Å²) < 4.78 is 15.8. The van der Waals surface area contributed by atoms with Crippen LogP contribution in [0.15, 0.2) is 39.9 Å². The number of fused-ring (bicyclic) bond motifs is 2. The number of aromatic nitrogens is 1. The zero-order valence-corrected chi connectivity index (χ0v) is 13.1. The van der Waals surface area contributed by atoms with Gasteiger partial charge >= 0.3 is 5.88 Å². The Bertz CT molecular complexity index is 1010. The van der Waals surface area contributed by atoms with Gasteiger partial charge in [-0.25, -0.2) is 0 Å². The number of aryl methyl sites for hydroxylation is 1. The van der Waals surface area contributed by atoms with Crippen LogP contribution in [-0.2, 0) is 0 Å². The van der Waals surface area contributed by atoms with E-state index in [1.165, 1.54) is 18.3 Å². The number of anilines is 1. The predicted octanol–water partition coefficient (Wildman–Crippen LogP) is 3.22. The first-order chi connectivity index (χ1) is 12.1. The molecule has 0 radical (unpaired) electrons. The number of ether oxygens (including phenoxy) is 2. The van der Waals surface area contributed by atoms with Crippen molar-refractivity contribution >= 4 is 28.7 Å². The Morgan fingerprint density at radius 3 is 2.84 bits per heavy atom. The van der Waals surface area contributed by atoms with Gasteiger partial charge in [0, 0.05) is 17.1 Å². The number of nitrogens with zero attached hydrogens (tertiary/aromatic N) is 3. The fourth-order valence-corrected chi connectivity index (χ4v) is 2.52. The third-order valence-electron chi connectivity index (χ3n) is 3.60. The van der Waals surface area contributed by atoms with Crippen molar-refractivity contribution in [3.63, 3.8) is 0 Å². The van der Waals surface area contributed by atoms with E-state index in [2.05, 4.69) is 15.5 Å². The Morgan fingerprint density at radius 1 is 1.28 bits per heavy atom. The minimum absolute atomic E-state index is 0.183. The normalized spacial score (nSPS) is 12.8. The van der Waals surface area contributed by atoms with E-state index in [0.29, 0.717) is 11.5 Å². The topological polar surface area (TPSA) is 112 Å². The van der Waals surface area contributed by atoms with Crippen molar-refractivity contribution in [2.45, 2.75) is 6.92 Å². The number of furan rings is 1. The molecular weight excluding hydrogens is 328 g/mol. The lowest BCUT2D eigenvalue weighted by atomic mass is 10.1. The molecule has 1 aliphatic heterocycles. The molecule has 0 amide bonds. The first kappa shape index (κ1) is 14.9. The van der Waals surface area contributed by atoms with Gasteiger partial charge in [-0.1, -0.05) is 0 Å². The molecule has 4 rings (SSSR count). The summed E-state index contributed by atoms with van der Waals surface area (Å²) in [5.41, 5.74) is 5.18. The lowest BCUT2D eigenvalue weighted by molar-refractivity contribution is -0.402. The van der Waals surface area contributed by atoms with Crippen molar-refractivity contribution < 1.29 is 18.8 Å². The van der Waals surface area contributed by atoms with E-state index in [-0.39, 0.29) is 18.4 Å². The fourth-order valence-electron chi connectivity index (χ4n) is 2.52. The van der Waals surface area contributed by atoms with Crippen LogP contribution in [0.4, 0.5) is 11.6 Å². The fraction of sp³-hybridized carbons (Fsp3) is 0.125. The first-order valence-corrected chi connectivity index (χ1v) is 7.34. The smallest absolute Gasteiger partial charge is 0.433 e. The quantitative estimate of drug-likeness (QED) is 0.441. The number of nitrogens with one attached hydrogen (secondary N) is 1. The molecule has 1 N–H and O–H groups in total. The molecule has 0 saturated carbocycles. The average Bonchev–Trinajstić information content (AvgIpc) is 3.21. The van der Waals surface area contributed by atoms with E-state index in [1.54, 1.807) is 0 Å². The maximum absolute atomic E-state index is 10.6. The van der Waals surface area contributed by atoms with Gasteiger partial charge in [0.25, 0.3) is 0 Å². The molecular formula is C16H12N4O5. The molecule has 0 aliphatic carbocycles. The van der Waals surface area contributed by atoms with Crippen LogP contribution in [0.25, 0.3) is 10.9 Å². The van der Waals surface area contributed by atoms with Crippen molar-refractivity contribution in [1.29, 1.82) is 0 Å². The monoisotopic (exact) mass is 340 g/mol. The van der Waals surface area contributed by atoms with Crippen LogP contribution in [0, 0.1) is 17.0 Å². The molecule has 2 aromatic heterocycles. The van der Waals surface area contributed by atoms with Crippen LogP contribution in [0.3, 0.4) is 0 Å². The predicted molar refractivity (Wildman–Crippen MR) is 89.2 cm³/mol. The van der Waals surface area contributed by atoms with E-state index in [1.807, 2.05) is 25.1 Å². The van der Waals surface area contributed by atoms with Crippen LogP contribution < -0.4 is 14.9 Å². The van der Waals surface area contributed by atoms with Crippen molar-refractivity contribution in [1.82, 2.24) is 4.98 Å². The summed E-state index contributed by atoms with van der Waals surface area (Å²) in [4.78, 5) is 14.5. The Kier molecular flexibility index (Phi) is 3.46. The molecule has 0 fully saturated rings. The number of hydrazone groups is 1. The lowest BCUT2D eigenvalue weighted by Crippen LogP contribution is -1.94. The Labute approximate surface area is 141 Å². The summed E-state index contributed by atoms with van der Waals surface area (Å²) in [6.07, 6.45) is 1.36. The Balaban J connectivity index is 1.64. The highest BCUT2D eigenvalue weighted by Crippen LogP contribution is 2.38. The van der Waals surface area contributed by atoms with Gasteiger partial charge in [0.15, 0.2) is 17.3 Å². The Morgan fingerprint density at radius 2 is 2.08 bits per heavy atom. The van der Waals surface area contributed by atoms with Gasteiger partial charge in [0.1, 0.15) is 4.92 Å². The van der Waals surface area contributed by atoms with Crippen molar-refractivity contribution in [3.05, 3.63) is 51.9 Å². The summed E-state index contributed by atoms with van der Waals surface area (Å²) in [7, 11) is 0. The van der Waals surface area contributed by atoms with Crippen LogP contribution in [-0.4, -0.2) is 22.9 Å². The molecule has 0 unspecified atom stereocenters. The Hall–Kier alpha value is -3.62. The van der Waals surface area contributed by atoms with E-state index < -0.39 is 4.92 Å². The lowest BCUT2D eigenvalue weighted by Gasteiger charge is -2.08. The van der Waals surface area contributed by atoms with E-state index in [9.17, 15) is 10.1 Å². The van der Waals surface area contributed by atoms with Gasteiger partial charge in [0.05, 0.1) is 23.5 Å². The van der Waals surface area contributed by atoms with Crippen molar-refractivity contribution in [2.75, 3.05) is 12.2 Å². The molecule has 9 nitrogen and oxygen atoms in total. The van der Waals surface area contributed by atoms with Crippen LogP contribution >= 0.6 is 0 Å².